The van der Waals surface area contributed by atoms with Crippen molar-refractivity contribution in [3.8, 4) is 0 Å². The first kappa shape index (κ1) is 23.7. The van der Waals surface area contributed by atoms with Gasteiger partial charge >= 0.3 is 0 Å². The minimum Gasteiger partial charge on any atom is -0.386 e. The molecule has 0 amide bonds. The van der Waals surface area contributed by atoms with Gasteiger partial charge in [0.1, 0.15) is 11.7 Å². The molecule has 0 spiro atoms. The van der Waals surface area contributed by atoms with E-state index in [0.29, 0.717) is 12.2 Å². The molecule has 4 aromatic rings. The van der Waals surface area contributed by atoms with E-state index in [0.717, 1.165) is 22.3 Å². The van der Waals surface area contributed by atoms with E-state index in [1.54, 1.807) is 0 Å². The average Bonchev–Trinajstić information content (AvgIpc) is 2.91. The zero-order valence-corrected chi connectivity index (χ0v) is 19.2. The topological polar surface area (TPSA) is 38.7 Å². The second kappa shape index (κ2) is 11.6. The molecule has 1 atom stereocenters. The number of hydrogen-bond donors (Lipinski definition) is 1. The highest BCUT2D eigenvalue weighted by Gasteiger charge is 2.37. The summed E-state index contributed by atoms with van der Waals surface area (Å²) in [5, 5.41) is 10.7. The van der Waals surface area contributed by atoms with E-state index in [1.165, 1.54) is 0 Å². The zero-order chi connectivity index (χ0) is 23.6. The van der Waals surface area contributed by atoms with Crippen LogP contribution in [0, 0.1) is 0 Å². The zero-order valence-electron chi connectivity index (χ0n) is 19.2. The molecule has 0 aliphatic carbocycles. The number of hydrogen-bond acceptors (Lipinski definition) is 3. The predicted octanol–water partition coefficient (Wildman–Crippen LogP) is 6.13. The van der Waals surface area contributed by atoms with Crippen molar-refractivity contribution in [3.05, 3.63) is 156 Å². The van der Waals surface area contributed by atoms with Crippen LogP contribution in [-0.2, 0) is 21.7 Å². The van der Waals surface area contributed by atoms with Gasteiger partial charge in [0, 0.05) is 0 Å². The van der Waals surface area contributed by atoms with E-state index < -0.39 is 11.7 Å². The van der Waals surface area contributed by atoms with Gasteiger partial charge in [-0.1, -0.05) is 128 Å². The summed E-state index contributed by atoms with van der Waals surface area (Å²) in [6.45, 7) is 4.88. The number of aliphatic hydroxyl groups excluding tert-OH is 1. The molecule has 0 saturated heterocycles. The Hall–Kier alpha value is -3.50. The van der Waals surface area contributed by atoms with Crippen molar-refractivity contribution >= 4 is 0 Å². The molecule has 4 aromatic carbocycles. The van der Waals surface area contributed by atoms with Gasteiger partial charge in [-0.3, -0.25) is 0 Å². The summed E-state index contributed by atoms with van der Waals surface area (Å²) >= 11 is 0. The summed E-state index contributed by atoms with van der Waals surface area (Å²) in [4.78, 5) is 0. The summed E-state index contributed by atoms with van der Waals surface area (Å²) in [5.41, 5.74) is 3.81. The smallest absolute Gasteiger partial charge is 0.144 e. The lowest BCUT2D eigenvalue weighted by Crippen LogP contribution is -2.35. The summed E-state index contributed by atoms with van der Waals surface area (Å²) < 4.78 is 12.4. The molecule has 0 bridgehead atoms. The third-order valence-electron chi connectivity index (χ3n) is 5.87. The minimum absolute atomic E-state index is 0.159. The maximum absolute atomic E-state index is 10.7. The molecular formula is C31H30O3. The second-order valence-electron chi connectivity index (χ2n) is 8.24. The van der Waals surface area contributed by atoms with E-state index in [-0.39, 0.29) is 13.2 Å². The number of benzene rings is 4. The Kier molecular flexibility index (Phi) is 8.05. The Bertz CT molecular complexity index is 1050. The molecule has 0 aliphatic heterocycles. The van der Waals surface area contributed by atoms with Gasteiger partial charge in [0.15, 0.2) is 0 Å². The second-order valence-corrected chi connectivity index (χ2v) is 8.24. The molecule has 0 heterocycles. The maximum Gasteiger partial charge on any atom is 0.144 e. The molecule has 0 radical (unpaired) electrons. The molecular weight excluding hydrogens is 420 g/mol. The molecule has 3 nitrogen and oxygen atoms in total. The molecule has 4 rings (SSSR count). The van der Waals surface area contributed by atoms with Gasteiger partial charge in [-0.15, -0.1) is 0 Å². The van der Waals surface area contributed by atoms with Gasteiger partial charge in [-0.2, -0.15) is 0 Å². The van der Waals surface area contributed by atoms with Crippen LogP contribution in [0.25, 0.3) is 0 Å². The van der Waals surface area contributed by atoms with Crippen LogP contribution in [0.5, 0.6) is 0 Å². The average molecular weight is 451 g/mol. The van der Waals surface area contributed by atoms with Crippen LogP contribution in [0.1, 0.15) is 22.3 Å². The van der Waals surface area contributed by atoms with E-state index in [2.05, 4.69) is 43.0 Å². The van der Waals surface area contributed by atoms with Crippen LogP contribution in [0.4, 0.5) is 0 Å². The monoisotopic (exact) mass is 450 g/mol. The molecule has 0 saturated carbocycles. The fraction of sp³-hybridized carbons (Fsp3) is 0.161. The Morgan fingerprint density at radius 3 is 1.53 bits per heavy atom. The molecule has 0 fully saturated rings. The number of aliphatic hydroxyl groups is 1. The summed E-state index contributed by atoms with van der Waals surface area (Å²) in [6.07, 6.45) is -0.830. The van der Waals surface area contributed by atoms with Crippen molar-refractivity contribution in [2.24, 2.45) is 0 Å². The van der Waals surface area contributed by atoms with Crippen molar-refractivity contribution in [2.75, 3.05) is 13.2 Å². The van der Waals surface area contributed by atoms with E-state index in [9.17, 15) is 5.11 Å². The van der Waals surface area contributed by atoms with Crippen LogP contribution in [0.3, 0.4) is 0 Å². The summed E-state index contributed by atoms with van der Waals surface area (Å²) in [5.74, 6) is 0. The van der Waals surface area contributed by atoms with Crippen LogP contribution < -0.4 is 0 Å². The largest absolute Gasteiger partial charge is 0.386 e. The van der Waals surface area contributed by atoms with Gasteiger partial charge in [0.2, 0.25) is 0 Å². The molecule has 3 heteroatoms. The standard InChI is InChI=1S/C31H30O3/c1-25(30(32)24-33-23-26-14-6-2-7-15-26)22-34-31(27-16-8-3-9-17-27,28-18-10-4-11-19-28)29-20-12-5-13-21-29/h2-21,30,32H,1,22-24H2. The third-order valence-corrected chi connectivity index (χ3v) is 5.87. The Labute approximate surface area is 201 Å². The predicted molar refractivity (Wildman–Crippen MR) is 136 cm³/mol. The van der Waals surface area contributed by atoms with Crippen LogP contribution >= 0.6 is 0 Å². The van der Waals surface area contributed by atoms with Gasteiger partial charge in [-0.05, 0) is 27.8 Å². The molecule has 34 heavy (non-hydrogen) atoms. The molecule has 0 aromatic heterocycles. The SMILES string of the molecule is C=C(COC(c1ccccc1)(c1ccccc1)c1ccccc1)C(O)COCc1ccccc1. The fourth-order valence-electron chi connectivity index (χ4n) is 4.05. The highest BCUT2D eigenvalue weighted by Crippen LogP contribution is 2.40. The van der Waals surface area contributed by atoms with Crippen LogP contribution in [0.2, 0.25) is 0 Å². The van der Waals surface area contributed by atoms with Gasteiger partial charge < -0.3 is 14.6 Å². The van der Waals surface area contributed by atoms with Gasteiger partial charge in [-0.25, -0.2) is 0 Å². The Morgan fingerprint density at radius 1 is 0.676 bits per heavy atom. The van der Waals surface area contributed by atoms with Crippen molar-refractivity contribution in [1.29, 1.82) is 0 Å². The molecule has 1 N–H and O–H groups in total. The molecule has 1 unspecified atom stereocenters. The van der Waals surface area contributed by atoms with Crippen molar-refractivity contribution in [1.82, 2.24) is 0 Å². The molecule has 0 aliphatic rings. The van der Waals surface area contributed by atoms with E-state index in [1.807, 2.05) is 84.9 Å². The number of ether oxygens (including phenoxy) is 2. The Morgan fingerprint density at radius 2 is 1.09 bits per heavy atom. The lowest BCUT2D eigenvalue weighted by Gasteiger charge is -2.36. The summed E-state index contributed by atoms with van der Waals surface area (Å²) in [6, 6.07) is 40.4. The normalized spacial score (nSPS) is 12.3. The highest BCUT2D eigenvalue weighted by molar-refractivity contribution is 5.47. The van der Waals surface area contributed by atoms with Crippen LogP contribution in [0.15, 0.2) is 133 Å². The first-order valence-corrected chi connectivity index (χ1v) is 11.5. The van der Waals surface area contributed by atoms with Gasteiger partial charge in [0.25, 0.3) is 0 Å². The number of rotatable bonds is 11. The lowest BCUT2D eigenvalue weighted by atomic mass is 9.80. The van der Waals surface area contributed by atoms with Crippen molar-refractivity contribution in [3.63, 3.8) is 0 Å². The van der Waals surface area contributed by atoms with Crippen LogP contribution in [-0.4, -0.2) is 24.4 Å². The van der Waals surface area contributed by atoms with E-state index >= 15 is 0 Å². The molecule has 172 valence electrons. The van der Waals surface area contributed by atoms with Gasteiger partial charge in [0.05, 0.1) is 19.8 Å². The highest BCUT2D eigenvalue weighted by atomic mass is 16.5. The fourth-order valence-corrected chi connectivity index (χ4v) is 4.05. The lowest BCUT2D eigenvalue weighted by molar-refractivity contribution is 0.00364. The van der Waals surface area contributed by atoms with E-state index in [4.69, 9.17) is 9.47 Å². The third kappa shape index (κ3) is 5.52. The summed E-state index contributed by atoms with van der Waals surface area (Å²) in [7, 11) is 0. The van der Waals surface area contributed by atoms with Crippen molar-refractivity contribution < 1.29 is 14.6 Å². The first-order valence-electron chi connectivity index (χ1n) is 11.5. The minimum atomic E-state index is -0.850. The van der Waals surface area contributed by atoms with Crippen molar-refractivity contribution in [2.45, 2.75) is 18.3 Å². The Balaban J connectivity index is 1.56. The maximum atomic E-state index is 10.7. The first-order chi connectivity index (χ1) is 16.7. The quantitative estimate of drug-likeness (QED) is 0.221.